The second-order valence-electron chi connectivity index (χ2n) is 9.29. The van der Waals surface area contributed by atoms with Gasteiger partial charge < -0.3 is 9.05 Å². The molecule has 0 bridgehead atoms. The van der Waals surface area contributed by atoms with Gasteiger partial charge in [-0.25, -0.2) is 9.97 Å². The smallest absolute Gasteiger partial charge is 0.259 e. The molecule has 0 radical (unpaired) electrons. The summed E-state index contributed by atoms with van der Waals surface area (Å²) in [5.41, 5.74) is 4.69. The first-order valence-corrected chi connectivity index (χ1v) is 10.4. The molecular formula is C22H21N7O2. The van der Waals surface area contributed by atoms with E-state index in [-0.39, 0.29) is 5.41 Å². The van der Waals surface area contributed by atoms with Crippen LogP contribution in [-0.2, 0) is 6.42 Å². The Morgan fingerprint density at radius 1 is 1.10 bits per heavy atom. The second-order valence-corrected chi connectivity index (χ2v) is 9.29. The van der Waals surface area contributed by atoms with E-state index >= 15 is 0 Å². The largest absolute Gasteiger partial charge is 0.336 e. The Labute approximate surface area is 177 Å². The van der Waals surface area contributed by atoms with Gasteiger partial charge in [0.1, 0.15) is 5.69 Å². The number of fused-ring (bicyclic) bond motifs is 2. The van der Waals surface area contributed by atoms with Gasteiger partial charge in [-0.3, -0.25) is 9.38 Å². The summed E-state index contributed by atoms with van der Waals surface area (Å²) >= 11 is 0. The summed E-state index contributed by atoms with van der Waals surface area (Å²) in [6.45, 7) is 6.51. The molecule has 0 aliphatic heterocycles. The third kappa shape index (κ3) is 3.17. The minimum absolute atomic E-state index is 0.0424. The predicted molar refractivity (Wildman–Crippen MR) is 112 cm³/mol. The van der Waals surface area contributed by atoms with Gasteiger partial charge in [0.2, 0.25) is 5.82 Å². The van der Waals surface area contributed by atoms with Crippen LogP contribution in [0.3, 0.4) is 0 Å². The summed E-state index contributed by atoms with van der Waals surface area (Å²) in [4.78, 5) is 17.9. The minimum Gasteiger partial charge on any atom is -0.336 e. The lowest BCUT2D eigenvalue weighted by atomic mass is 9.89. The molecule has 31 heavy (non-hydrogen) atoms. The maximum Gasteiger partial charge on any atom is 0.259 e. The van der Waals surface area contributed by atoms with Crippen molar-refractivity contribution in [1.82, 2.24) is 34.6 Å². The summed E-state index contributed by atoms with van der Waals surface area (Å²) in [5.74, 6) is 1.33. The number of rotatable bonds is 4. The van der Waals surface area contributed by atoms with Gasteiger partial charge in [-0.2, -0.15) is 4.98 Å². The Hall–Kier alpha value is -3.62. The Balaban J connectivity index is 1.51. The molecule has 5 aromatic rings. The number of hydrogen-bond acceptors (Lipinski definition) is 8. The molecule has 0 unspecified atom stereocenters. The molecule has 9 nitrogen and oxygen atoms in total. The third-order valence-corrected chi connectivity index (χ3v) is 5.43. The van der Waals surface area contributed by atoms with E-state index in [1.54, 1.807) is 18.6 Å². The van der Waals surface area contributed by atoms with Crippen molar-refractivity contribution in [1.29, 1.82) is 0 Å². The topological polar surface area (TPSA) is 108 Å². The van der Waals surface area contributed by atoms with Crippen molar-refractivity contribution in [2.24, 2.45) is 5.41 Å². The van der Waals surface area contributed by atoms with Gasteiger partial charge in [0, 0.05) is 24.0 Å². The highest BCUT2D eigenvalue weighted by Gasteiger charge is 2.30. The van der Waals surface area contributed by atoms with Gasteiger partial charge >= 0.3 is 0 Å². The molecule has 1 aliphatic carbocycles. The molecule has 5 heterocycles. The van der Waals surface area contributed by atoms with Crippen molar-refractivity contribution in [3.8, 4) is 23.0 Å². The van der Waals surface area contributed by atoms with Crippen LogP contribution < -0.4 is 0 Å². The summed E-state index contributed by atoms with van der Waals surface area (Å²) in [6, 6.07) is 2.05. The van der Waals surface area contributed by atoms with Gasteiger partial charge in [0.15, 0.2) is 5.65 Å². The quantitative estimate of drug-likeness (QED) is 0.424. The fourth-order valence-corrected chi connectivity index (χ4v) is 3.85. The number of hydrogen-bond donors (Lipinski definition) is 0. The van der Waals surface area contributed by atoms with Crippen LogP contribution in [0.4, 0.5) is 0 Å². The number of imidazole rings is 1. The van der Waals surface area contributed by atoms with Crippen molar-refractivity contribution in [3.05, 3.63) is 42.2 Å². The molecule has 9 heteroatoms. The fraction of sp³-hybridized carbons (Fsp3) is 0.364. The average Bonchev–Trinajstić information content (AvgIpc) is 3.14. The van der Waals surface area contributed by atoms with E-state index in [2.05, 4.69) is 47.1 Å². The highest BCUT2D eigenvalue weighted by Crippen LogP contribution is 2.42. The zero-order valence-corrected chi connectivity index (χ0v) is 17.5. The second kappa shape index (κ2) is 6.44. The standard InChI is InChI=1S/C22H21N7O2/c1-22(2,3)9-15-18-13(8-14(12-4-5-12)25-21(18)31-27-15)20-26-19(28-30-20)16-10-24-17-11-23-6-7-29(16)17/h6-8,10-12H,4-5,9H2,1-3H3. The molecule has 0 amide bonds. The zero-order chi connectivity index (χ0) is 21.2. The first kappa shape index (κ1) is 18.2. The lowest BCUT2D eigenvalue weighted by molar-refractivity contribution is 0.380. The van der Waals surface area contributed by atoms with Gasteiger partial charge in [0.05, 0.1) is 29.0 Å². The Kier molecular flexibility index (Phi) is 3.77. The Bertz CT molecular complexity index is 1420. The van der Waals surface area contributed by atoms with Gasteiger partial charge in [-0.05, 0) is 30.7 Å². The summed E-state index contributed by atoms with van der Waals surface area (Å²) in [7, 11) is 0. The van der Waals surface area contributed by atoms with Crippen LogP contribution in [0.25, 0.3) is 39.7 Å². The minimum atomic E-state index is 0.0424. The van der Waals surface area contributed by atoms with Crippen molar-refractivity contribution >= 4 is 16.7 Å². The summed E-state index contributed by atoms with van der Waals surface area (Å²) in [5, 5.41) is 9.41. The van der Waals surface area contributed by atoms with E-state index in [0.29, 0.717) is 23.3 Å². The number of nitrogens with zero attached hydrogens (tertiary/aromatic N) is 7. The maximum atomic E-state index is 5.73. The maximum absolute atomic E-state index is 5.73. The van der Waals surface area contributed by atoms with Crippen molar-refractivity contribution < 1.29 is 9.05 Å². The molecule has 1 aliphatic rings. The molecule has 1 fully saturated rings. The molecule has 0 aromatic carbocycles. The van der Waals surface area contributed by atoms with Crippen molar-refractivity contribution in [2.75, 3.05) is 0 Å². The van der Waals surface area contributed by atoms with Crippen LogP contribution in [0.1, 0.15) is 50.9 Å². The van der Waals surface area contributed by atoms with E-state index in [4.69, 9.17) is 19.0 Å². The first-order chi connectivity index (χ1) is 15.0. The fourth-order valence-electron chi connectivity index (χ4n) is 3.85. The Morgan fingerprint density at radius 3 is 2.77 bits per heavy atom. The van der Waals surface area contributed by atoms with Crippen LogP contribution in [0, 0.1) is 5.41 Å². The zero-order valence-electron chi connectivity index (χ0n) is 17.5. The average molecular weight is 415 g/mol. The van der Waals surface area contributed by atoms with Crippen molar-refractivity contribution in [2.45, 2.75) is 46.0 Å². The normalized spacial score (nSPS) is 14.7. The number of aromatic nitrogens is 7. The molecule has 6 rings (SSSR count). The molecule has 0 saturated heterocycles. The van der Waals surface area contributed by atoms with Gasteiger partial charge in [-0.1, -0.05) is 31.1 Å². The van der Waals surface area contributed by atoms with Crippen molar-refractivity contribution in [3.63, 3.8) is 0 Å². The highest BCUT2D eigenvalue weighted by atomic mass is 16.5. The number of pyridine rings is 1. The molecule has 5 aromatic heterocycles. The van der Waals surface area contributed by atoms with Gasteiger partial charge in [0.25, 0.3) is 11.6 Å². The third-order valence-electron chi connectivity index (χ3n) is 5.43. The van der Waals surface area contributed by atoms with E-state index < -0.39 is 0 Å². The predicted octanol–water partition coefficient (Wildman–Crippen LogP) is 4.45. The molecular weight excluding hydrogens is 394 g/mol. The summed E-state index contributed by atoms with van der Waals surface area (Å²) in [6.07, 6.45) is 9.94. The lowest BCUT2D eigenvalue weighted by Gasteiger charge is -2.16. The first-order valence-electron chi connectivity index (χ1n) is 10.4. The highest BCUT2D eigenvalue weighted by molar-refractivity contribution is 5.92. The SMILES string of the molecule is CC(C)(C)Cc1noc2nc(C3CC3)cc(-c3nc(-c4cnc5cnccn45)no3)c12. The van der Waals surface area contributed by atoms with E-state index in [9.17, 15) is 0 Å². The van der Waals surface area contributed by atoms with Crippen LogP contribution in [0.2, 0.25) is 0 Å². The summed E-state index contributed by atoms with van der Waals surface area (Å²) < 4.78 is 13.2. The molecule has 0 atom stereocenters. The molecule has 0 N–H and O–H groups in total. The van der Waals surface area contributed by atoms with Gasteiger partial charge in [-0.15, -0.1) is 0 Å². The monoisotopic (exact) mass is 415 g/mol. The Morgan fingerprint density at radius 2 is 1.97 bits per heavy atom. The molecule has 0 spiro atoms. The lowest BCUT2D eigenvalue weighted by Crippen LogP contribution is -2.09. The van der Waals surface area contributed by atoms with E-state index in [1.807, 2.05) is 10.6 Å². The van der Waals surface area contributed by atoms with E-state index in [0.717, 1.165) is 52.9 Å². The molecule has 156 valence electrons. The van der Waals surface area contributed by atoms with Crippen LogP contribution in [0.5, 0.6) is 0 Å². The van der Waals surface area contributed by atoms with E-state index in [1.165, 1.54) is 0 Å². The van der Waals surface area contributed by atoms with Crippen LogP contribution in [0.15, 0.2) is 39.9 Å². The molecule has 1 saturated carbocycles. The van der Waals surface area contributed by atoms with Crippen LogP contribution in [-0.4, -0.2) is 34.6 Å². The van der Waals surface area contributed by atoms with Crippen LogP contribution >= 0.6 is 0 Å².